The highest BCUT2D eigenvalue weighted by atomic mass is 32.2. The number of benzene rings is 1. The molecule has 0 radical (unpaired) electrons. The summed E-state index contributed by atoms with van der Waals surface area (Å²) >= 11 is 1.11. The summed E-state index contributed by atoms with van der Waals surface area (Å²) in [5, 5.41) is 13.8. The SMILES string of the molecule is CCOC(=O)c1ccc(NC(=O)CSc2cccc(C(=O)[O-])n2)cc1. The van der Waals surface area contributed by atoms with E-state index in [-0.39, 0.29) is 17.4 Å². The molecule has 0 saturated carbocycles. The maximum atomic E-state index is 11.9. The Hall–Kier alpha value is -2.87. The molecule has 1 amide bonds. The number of aromatic nitrogens is 1. The lowest BCUT2D eigenvalue weighted by atomic mass is 10.2. The molecule has 2 rings (SSSR count). The second-order valence-corrected chi connectivity index (χ2v) is 5.78. The molecule has 0 atom stereocenters. The number of thioether (sulfide) groups is 1. The summed E-state index contributed by atoms with van der Waals surface area (Å²) in [4.78, 5) is 38.1. The van der Waals surface area contributed by atoms with Crippen LogP contribution >= 0.6 is 11.8 Å². The minimum absolute atomic E-state index is 0.0587. The third-order valence-electron chi connectivity index (χ3n) is 2.96. The summed E-state index contributed by atoms with van der Waals surface area (Å²) < 4.78 is 4.88. The van der Waals surface area contributed by atoms with Gasteiger partial charge >= 0.3 is 5.97 Å². The molecular formula is C17H15N2O5S-. The van der Waals surface area contributed by atoms with Crippen LogP contribution in [-0.2, 0) is 9.53 Å². The summed E-state index contributed by atoms with van der Waals surface area (Å²) in [6.07, 6.45) is 0. The van der Waals surface area contributed by atoms with Gasteiger partial charge in [0.2, 0.25) is 5.91 Å². The van der Waals surface area contributed by atoms with Crippen LogP contribution in [0.3, 0.4) is 0 Å². The maximum absolute atomic E-state index is 11.9. The van der Waals surface area contributed by atoms with Gasteiger partial charge in [-0.25, -0.2) is 9.78 Å². The zero-order valence-electron chi connectivity index (χ0n) is 13.4. The first-order valence-corrected chi connectivity index (χ1v) is 8.36. The van der Waals surface area contributed by atoms with Gasteiger partial charge in [-0.05, 0) is 43.3 Å². The van der Waals surface area contributed by atoms with E-state index in [1.54, 1.807) is 37.3 Å². The van der Waals surface area contributed by atoms with Gasteiger partial charge in [0.1, 0.15) is 0 Å². The summed E-state index contributed by atoms with van der Waals surface area (Å²) in [5.41, 5.74) is 0.757. The number of carbonyl (C=O) groups is 3. The first-order chi connectivity index (χ1) is 12.0. The molecule has 0 saturated heterocycles. The molecule has 0 spiro atoms. The van der Waals surface area contributed by atoms with E-state index >= 15 is 0 Å². The second-order valence-electron chi connectivity index (χ2n) is 4.78. The zero-order chi connectivity index (χ0) is 18.2. The van der Waals surface area contributed by atoms with Crippen LogP contribution in [0.4, 0.5) is 5.69 Å². The lowest BCUT2D eigenvalue weighted by Gasteiger charge is -2.07. The van der Waals surface area contributed by atoms with Crippen LogP contribution in [0.1, 0.15) is 27.8 Å². The van der Waals surface area contributed by atoms with Crippen LogP contribution in [0.25, 0.3) is 0 Å². The molecule has 0 unspecified atom stereocenters. The van der Waals surface area contributed by atoms with Crippen molar-refractivity contribution in [1.29, 1.82) is 0 Å². The number of carbonyl (C=O) groups excluding carboxylic acids is 3. The van der Waals surface area contributed by atoms with Crippen molar-refractivity contribution in [2.75, 3.05) is 17.7 Å². The van der Waals surface area contributed by atoms with Crippen LogP contribution in [0.15, 0.2) is 47.5 Å². The van der Waals surface area contributed by atoms with E-state index in [2.05, 4.69) is 10.3 Å². The largest absolute Gasteiger partial charge is 0.543 e. The molecular weight excluding hydrogens is 344 g/mol. The van der Waals surface area contributed by atoms with Crippen molar-refractivity contribution in [3.05, 3.63) is 53.7 Å². The van der Waals surface area contributed by atoms with E-state index in [1.807, 2.05) is 0 Å². The Labute approximate surface area is 148 Å². The molecule has 7 nitrogen and oxygen atoms in total. The van der Waals surface area contributed by atoms with E-state index in [0.29, 0.717) is 22.9 Å². The molecule has 25 heavy (non-hydrogen) atoms. The van der Waals surface area contributed by atoms with E-state index in [1.165, 1.54) is 12.1 Å². The Balaban J connectivity index is 1.89. The van der Waals surface area contributed by atoms with Gasteiger partial charge in [-0.15, -0.1) is 0 Å². The smallest absolute Gasteiger partial charge is 0.338 e. The number of amides is 1. The molecule has 1 aromatic heterocycles. The number of rotatable bonds is 7. The predicted octanol–water partition coefficient (Wildman–Crippen LogP) is 1.35. The van der Waals surface area contributed by atoms with Crippen molar-refractivity contribution >= 4 is 35.3 Å². The van der Waals surface area contributed by atoms with E-state index in [9.17, 15) is 19.5 Å². The fraction of sp³-hybridized carbons (Fsp3) is 0.176. The van der Waals surface area contributed by atoms with Gasteiger partial charge < -0.3 is 20.0 Å². The number of hydrogen-bond acceptors (Lipinski definition) is 7. The second kappa shape index (κ2) is 8.84. The Morgan fingerprint density at radius 1 is 1.16 bits per heavy atom. The average Bonchev–Trinajstić information content (AvgIpc) is 2.61. The number of ether oxygens (including phenoxy) is 1. The predicted molar refractivity (Wildman–Crippen MR) is 90.3 cm³/mol. The Kier molecular flexibility index (Phi) is 6.53. The summed E-state index contributed by atoms with van der Waals surface area (Å²) in [6, 6.07) is 10.8. The van der Waals surface area contributed by atoms with Crippen LogP contribution in [0.5, 0.6) is 0 Å². The molecule has 1 aromatic carbocycles. The molecule has 8 heteroatoms. The highest BCUT2D eigenvalue weighted by molar-refractivity contribution is 7.99. The molecule has 0 aliphatic rings. The number of esters is 1. The number of pyridine rings is 1. The molecule has 130 valence electrons. The number of hydrogen-bond donors (Lipinski definition) is 1. The van der Waals surface area contributed by atoms with E-state index < -0.39 is 11.9 Å². The fourth-order valence-corrected chi connectivity index (χ4v) is 2.54. The fourth-order valence-electron chi connectivity index (χ4n) is 1.85. The summed E-state index contributed by atoms with van der Waals surface area (Å²) in [5.74, 6) is -2.01. The van der Waals surface area contributed by atoms with Gasteiger partial charge in [-0.3, -0.25) is 4.79 Å². The molecule has 1 heterocycles. The Morgan fingerprint density at radius 3 is 2.52 bits per heavy atom. The van der Waals surface area contributed by atoms with Gasteiger partial charge in [0, 0.05) is 5.69 Å². The minimum Gasteiger partial charge on any atom is -0.543 e. The normalized spacial score (nSPS) is 10.1. The van der Waals surface area contributed by atoms with Gasteiger partial charge in [0.25, 0.3) is 0 Å². The van der Waals surface area contributed by atoms with E-state index in [0.717, 1.165) is 11.8 Å². The van der Waals surface area contributed by atoms with Crippen LogP contribution in [0, 0.1) is 0 Å². The third kappa shape index (κ3) is 5.61. The van der Waals surface area contributed by atoms with Gasteiger partial charge in [0.05, 0.1) is 34.6 Å². The molecule has 2 aromatic rings. The van der Waals surface area contributed by atoms with Crippen molar-refractivity contribution in [2.45, 2.75) is 11.9 Å². The van der Waals surface area contributed by atoms with Crippen LogP contribution < -0.4 is 10.4 Å². The number of nitrogens with zero attached hydrogens (tertiary/aromatic N) is 1. The van der Waals surface area contributed by atoms with Gasteiger partial charge in [-0.2, -0.15) is 0 Å². The standard InChI is InChI=1S/C17H16N2O5S/c1-2-24-17(23)11-6-8-12(9-7-11)18-14(20)10-25-15-5-3-4-13(19-15)16(21)22/h3-9H,2,10H2,1H3,(H,18,20)(H,21,22)/p-1. The Morgan fingerprint density at radius 2 is 1.88 bits per heavy atom. The summed E-state index contributed by atoms with van der Waals surface area (Å²) in [6.45, 7) is 2.02. The molecule has 0 fully saturated rings. The van der Waals surface area contributed by atoms with Crippen molar-refractivity contribution in [3.8, 4) is 0 Å². The topological polar surface area (TPSA) is 108 Å². The zero-order valence-corrected chi connectivity index (χ0v) is 14.2. The molecule has 0 aliphatic carbocycles. The first-order valence-electron chi connectivity index (χ1n) is 7.38. The minimum atomic E-state index is -1.37. The van der Waals surface area contributed by atoms with E-state index in [4.69, 9.17) is 4.74 Å². The molecule has 1 N–H and O–H groups in total. The van der Waals surface area contributed by atoms with Gasteiger partial charge in [0.15, 0.2) is 0 Å². The lowest BCUT2D eigenvalue weighted by Crippen LogP contribution is -2.23. The third-order valence-corrected chi connectivity index (χ3v) is 3.89. The maximum Gasteiger partial charge on any atom is 0.338 e. The highest BCUT2D eigenvalue weighted by Gasteiger charge is 2.08. The quantitative estimate of drug-likeness (QED) is 0.587. The van der Waals surface area contributed by atoms with Gasteiger partial charge in [-0.1, -0.05) is 17.8 Å². The number of carboxylic acids is 1. The summed E-state index contributed by atoms with van der Waals surface area (Å²) in [7, 11) is 0. The number of carboxylic acid groups (broad SMARTS) is 1. The number of nitrogens with one attached hydrogen (secondary N) is 1. The molecule has 0 aliphatic heterocycles. The number of aromatic carboxylic acids is 1. The van der Waals surface area contributed by atoms with Crippen molar-refractivity contribution < 1.29 is 24.2 Å². The van der Waals surface area contributed by atoms with Crippen LogP contribution in [0.2, 0.25) is 0 Å². The lowest BCUT2D eigenvalue weighted by molar-refractivity contribution is -0.255. The number of anilines is 1. The van der Waals surface area contributed by atoms with Crippen molar-refractivity contribution in [2.24, 2.45) is 0 Å². The first kappa shape index (κ1) is 18.5. The monoisotopic (exact) mass is 359 g/mol. The van der Waals surface area contributed by atoms with Crippen molar-refractivity contribution in [3.63, 3.8) is 0 Å². The van der Waals surface area contributed by atoms with Crippen molar-refractivity contribution in [1.82, 2.24) is 4.98 Å². The molecule has 0 bridgehead atoms. The van der Waals surface area contributed by atoms with Crippen LogP contribution in [-0.4, -0.2) is 35.2 Å². The Bertz CT molecular complexity index is 777. The highest BCUT2D eigenvalue weighted by Crippen LogP contribution is 2.16. The average molecular weight is 359 g/mol.